The molecule has 2 N–H and O–H groups in total. The van der Waals surface area contributed by atoms with Crippen LogP contribution in [0, 0.1) is 0 Å². The molecule has 0 unspecified atom stereocenters. The van der Waals surface area contributed by atoms with Gasteiger partial charge in [-0.1, -0.05) is 26.0 Å². The van der Waals surface area contributed by atoms with Crippen LogP contribution in [0.5, 0.6) is 5.75 Å². The second-order valence-electron chi connectivity index (χ2n) is 6.79. The van der Waals surface area contributed by atoms with Gasteiger partial charge in [0.25, 0.3) is 0 Å². The summed E-state index contributed by atoms with van der Waals surface area (Å²) in [7, 11) is 1.63. The number of alkyl halides is 3. The van der Waals surface area contributed by atoms with Gasteiger partial charge in [-0.3, -0.25) is 0 Å². The second-order valence-corrected chi connectivity index (χ2v) is 7.73. The van der Waals surface area contributed by atoms with E-state index in [1.54, 1.807) is 7.11 Å². The van der Waals surface area contributed by atoms with Crippen molar-refractivity contribution in [3.8, 4) is 5.75 Å². The molecule has 1 heterocycles. The number of aliphatic imine (C=N–C) groups is 1. The average molecular weight is 414 g/mol. The summed E-state index contributed by atoms with van der Waals surface area (Å²) in [5.41, 5.74) is 0.0697. The molecule has 0 saturated carbocycles. The van der Waals surface area contributed by atoms with Crippen molar-refractivity contribution in [2.75, 3.05) is 20.2 Å². The maximum absolute atomic E-state index is 12.7. The van der Waals surface area contributed by atoms with Crippen LogP contribution in [0.1, 0.15) is 37.0 Å². The van der Waals surface area contributed by atoms with E-state index in [1.807, 2.05) is 31.2 Å². The molecule has 0 atom stereocenters. The lowest BCUT2D eigenvalue weighted by Crippen LogP contribution is -2.43. The van der Waals surface area contributed by atoms with Gasteiger partial charge in [-0.15, -0.1) is 11.3 Å². The van der Waals surface area contributed by atoms with Gasteiger partial charge >= 0.3 is 6.18 Å². The Kier molecular flexibility index (Phi) is 7.29. The van der Waals surface area contributed by atoms with Crippen molar-refractivity contribution in [2.45, 2.75) is 38.9 Å². The Morgan fingerprint density at radius 3 is 2.39 bits per heavy atom. The minimum absolute atomic E-state index is 0.0824. The summed E-state index contributed by atoms with van der Waals surface area (Å²) in [6.45, 7) is 7.44. The van der Waals surface area contributed by atoms with Crippen molar-refractivity contribution in [1.29, 1.82) is 0 Å². The van der Waals surface area contributed by atoms with Crippen LogP contribution in [0.25, 0.3) is 0 Å². The molecule has 0 bridgehead atoms. The maximum atomic E-state index is 12.7. The molecule has 0 spiro atoms. The molecule has 154 valence electrons. The number of thiazole rings is 1. The smallest absolute Gasteiger partial charge is 0.434 e. The number of nitrogens with one attached hydrogen (secondary N) is 2. The Labute approximate surface area is 167 Å². The molecule has 0 aliphatic carbocycles. The van der Waals surface area contributed by atoms with E-state index in [9.17, 15) is 13.2 Å². The Morgan fingerprint density at radius 1 is 1.18 bits per heavy atom. The number of aromatic nitrogens is 1. The van der Waals surface area contributed by atoms with Crippen LogP contribution < -0.4 is 15.4 Å². The summed E-state index contributed by atoms with van der Waals surface area (Å²) in [6.07, 6.45) is -4.43. The van der Waals surface area contributed by atoms with Gasteiger partial charge in [0, 0.05) is 23.9 Å². The maximum Gasteiger partial charge on any atom is 0.434 e. The lowest BCUT2D eigenvalue weighted by molar-refractivity contribution is -0.140. The summed E-state index contributed by atoms with van der Waals surface area (Å²) in [5, 5.41) is 7.69. The Balaban J connectivity index is 2.02. The highest BCUT2D eigenvalue weighted by molar-refractivity contribution is 7.09. The van der Waals surface area contributed by atoms with Crippen molar-refractivity contribution in [3.05, 3.63) is 45.9 Å². The minimum atomic E-state index is -4.43. The predicted molar refractivity (Wildman–Crippen MR) is 106 cm³/mol. The standard InChI is InChI=1S/C19H25F3N4OS/c1-5-23-17(24-10-16-26-15(11-28-16)19(20,21)22)25-12-18(2,3)13-6-8-14(27-4)9-7-13/h6-9,11H,5,10,12H2,1-4H3,(H2,23,24,25). The summed E-state index contributed by atoms with van der Waals surface area (Å²) >= 11 is 0.955. The van der Waals surface area contributed by atoms with Crippen LogP contribution >= 0.6 is 11.3 Å². The molecule has 28 heavy (non-hydrogen) atoms. The third-order valence-corrected chi connectivity index (χ3v) is 4.96. The van der Waals surface area contributed by atoms with Gasteiger partial charge in [0.05, 0.1) is 13.7 Å². The fraction of sp³-hybridized carbons (Fsp3) is 0.474. The van der Waals surface area contributed by atoms with Crippen molar-refractivity contribution in [3.63, 3.8) is 0 Å². The van der Waals surface area contributed by atoms with Gasteiger partial charge in [0.2, 0.25) is 0 Å². The summed E-state index contributed by atoms with van der Waals surface area (Å²) < 4.78 is 43.2. The molecule has 0 radical (unpaired) electrons. The zero-order chi connectivity index (χ0) is 20.8. The van der Waals surface area contributed by atoms with Gasteiger partial charge in [0.1, 0.15) is 10.8 Å². The Morgan fingerprint density at radius 2 is 1.86 bits per heavy atom. The number of methoxy groups -OCH3 is 1. The van der Waals surface area contributed by atoms with Crippen LogP contribution in [0.15, 0.2) is 34.6 Å². The zero-order valence-corrected chi connectivity index (χ0v) is 17.2. The molecule has 5 nitrogen and oxygen atoms in total. The normalized spacial score (nSPS) is 12.8. The number of nitrogens with zero attached hydrogens (tertiary/aromatic N) is 2. The third kappa shape index (κ3) is 6.12. The molecular formula is C19H25F3N4OS. The van der Waals surface area contributed by atoms with Gasteiger partial charge in [-0.05, 0) is 24.6 Å². The van der Waals surface area contributed by atoms with E-state index >= 15 is 0 Å². The van der Waals surface area contributed by atoms with Crippen LogP contribution in [-0.2, 0) is 18.1 Å². The average Bonchev–Trinajstić information content (AvgIpc) is 3.13. The van der Waals surface area contributed by atoms with Gasteiger partial charge in [0.15, 0.2) is 11.7 Å². The van der Waals surface area contributed by atoms with E-state index < -0.39 is 11.9 Å². The molecule has 0 amide bonds. The van der Waals surface area contributed by atoms with E-state index in [0.29, 0.717) is 24.1 Å². The van der Waals surface area contributed by atoms with Crippen molar-refractivity contribution in [1.82, 2.24) is 15.6 Å². The summed E-state index contributed by atoms with van der Waals surface area (Å²) in [4.78, 5) is 7.96. The highest BCUT2D eigenvalue weighted by Crippen LogP contribution is 2.30. The number of guanidine groups is 1. The lowest BCUT2D eigenvalue weighted by Gasteiger charge is -2.27. The highest BCUT2D eigenvalue weighted by Gasteiger charge is 2.33. The fourth-order valence-electron chi connectivity index (χ4n) is 2.45. The first-order valence-corrected chi connectivity index (χ1v) is 9.72. The molecular weight excluding hydrogens is 389 g/mol. The largest absolute Gasteiger partial charge is 0.497 e. The first kappa shape index (κ1) is 22.0. The molecule has 2 aromatic rings. The number of ether oxygens (including phenoxy) is 1. The number of rotatable bonds is 7. The molecule has 0 aliphatic heterocycles. The minimum Gasteiger partial charge on any atom is -0.497 e. The topological polar surface area (TPSA) is 58.5 Å². The van der Waals surface area contributed by atoms with Gasteiger partial charge in [-0.2, -0.15) is 13.2 Å². The molecule has 1 aromatic heterocycles. The first-order valence-electron chi connectivity index (χ1n) is 8.84. The number of hydrogen-bond donors (Lipinski definition) is 2. The van der Waals surface area contributed by atoms with Crippen LogP contribution in [0.2, 0.25) is 0 Å². The van der Waals surface area contributed by atoms with E-state index in [-0.39, 0.29) is 12.0 Å². The van der Waals surface area contributed by atoms with E-state index in [0.717, 1.165) is 28.0 Å². The zero-order valence-electron chi connectivity index (χ0n) is 16.4. The third-order valence-electron chi connectivity index (χ3n) is 4.13. The Bertz CT molecular complexity index is 785. The lowest BCUT2D eigenvalue weighted by atomic mass is 9.84. The highest BCUT2D eigenvalue weighted by atomic mass is 32.1. The van der Waals surface area contributed by atoms with E-state index in [1.165, 1.54) is 0 Å². The van der Waals surface area contributed by atoms with Gasteiger partial charge < -0.3 is 15.4 Å². The molecule has 0 aliphatic rings. The van der Waals surface area contributed by atoms with E-state index in [2.05, 4.69) is 34.5 Å². The summed E-state index contributed by atoms with van der Waals surface area (Å²) in [5.74, 6) is 1.33. The van der Waals surface area contributed by atoms with Crippen LogP contribution in [-0.4, -0.2) is 31.1 Å². The number of hydrogen-bond acceptors (Lipinski definition) is 4. The van der Waals surface area contributed by atoms with Crippen molar-refractivity contribution >= 4 is 17.3 Å². The quantitative estimate of drug-likeness (QED) is 0.527. The Hall–Kier alpha value is -2.29. The molecule has 0 saturated heterocycles. The van der Waals surface area contributed by atoms with Crippen LogP contribution in [0.4, 0.5) is 13.2 Å². The van der Waals surface area contributed by atoms with Crippen LogP contribution in [0.3, 0.4) is 0 Å². The molecule has 1 aromatic carbocycles. The fourth-order valence-corrected chi connectivity index (χ4v) is 3.18. The number of benzene rings is 1. The molecule has 2 rings (SSSR count). The predicted octanol–water partition coefficient (Wildman–Crippen LogP) is 4.20. The monoisotopic (exact) mass is 414 g/mol. The first-order chi connectivity index (χ1) is 13.2. The van der Waals surface area contributed by atoms with Crippen molar-refractivity contribution < 1.29 is 17.9 Å². The van der Waals surface area contributed by atoms with E-state index in [4.69, 9.17) is 4.74 Å². The second kappa shape index (κ2) is 9.27. The molecule has 0 fully saturated rings. The number of halogens is 3. The SMILES string of the molecule is CCNC(=NCc1nc(C(F)(F)F)cs1)NCC(C)(C)c1ccc(OC)cc1. The summed E-state index contributed by atoms with van der Waals surface area (Å²) in [6, 6.07) is 7.85. The van der Waals surface area contributed by atoms with Gasteiger partial charge in [-0.25, -0.2) is 9.98 Å². The molecule has 9 heteroatoms. The van der Waals surface area contributed by atoms with Crippen molar-refractivity contribution in [2.24, 2.45) is 4.99 Å².